The van der Waals surface area contributed by atoms with Crippen LogP contribution >= 0.6 is 0 Å². The second kappa shape index (κ2) is 8.11. The summed E-state index contributed by atoms with van der Waals surface area (Å²) in [5.74, 6) is 2.32. The van der Waals surface area contributed by atoms with Crippen molar-refractivity contribution >= 4 is 17.2 Å². The highest BCUT2D eigenvalue weighted by molar-refractivity contribution is 5.55. The highest BCUT2D eigenvalue weighted by atomic mass is 16.6. The summed E-state index contributed by atoms with van der Waals surface area (Å²) in [6.07, 6.45) is 3.21. The van der Waals surface area contributed by atoms with E-state index in [1.165, 1.54) is 6.20 Å². The van der Waals surface area contributed by atoms with Crippen LogP contribution in [0, 0.1) is 17.0 Å². The molecule has 0 radical (unpaired) electrons. The van der Waals surface area contributed by atoms with E-state index in [1.54, 1.807) is 20.3 Å². The van der Waals surface area contributed by atoms with Crippen molar-refractivity contribution in [3.8, 4) is 11.5 Å². The molecular weight excluding hydrogens is 348 g/mol. The van der Waals surface area contributed by atoms with Crippen molar-refractivity contribution in [2.45, 2.75) is 25.8 Å². The number of hydrogen-bond acceptors (Lipinski definition) is 7. The third-order valence-corrected chi connectivity index (χ3v) is 4.76. The second-order valence-corrected chi connectivity index (χ2v) is 6.60. The zero-order valence-electron chi connectivity index (χ0n) is 15.8. The molecule has 3 rings (SSSR count). The van der Waals surface area contributed by atoms with Gasteiger partial charge in [0.15, 0.2) is 0 Å². The van der Waals surface area contributed by atoms with E-state index in [1.807, 2.05) is 25.1 Å². The maximum Gasteiger partial charge on any atom is 0.287 e. The van der Waals surface area contributed by atoms with Crippen LogP contribution in [0.2, 0.25) is 0 Å². The summed E-state index contributed by atoms with van der Waals surface area (Å²) in [6.45, 7) is 3.54. The fourth-order valence-corrected chi connectivity index (χ4v) is 3.35. The Morgan fingerprint density at radius 1 is 1.15 bits per heavy atom. The first-order chi connectivity index (χ1) is 13.0. The van der Waals surface area contributed by atoms with Crippen molar-refractivity contribution in [1.82, 2.24) is 4.98 Å². The smallest absolute Gasteiger partial charge is 0.287 e. The number of ether oxygens (including phenoxy) is 2. The lowest BCUT2D eigenvalue weighted by Gasteiger charge is -2.34. The van der Waals surface area contributed by atoms with Crippen molar-refractivity contribution in [3.05, 3.63) is 46.1 Å². The fourth-order valence-electron chi connectivity index (χ4n) is 3.35. The minimum atomic E-state index is -0.414. The topological polar surface area (TPSA) is 89.8 Å². The normalized spacial score (nSPS) is 14.7. The highest BCUT2D eigenvalue weighted by Gasteiger charge is 2.22. The van der Waals surface area contributed by atoms with E-state index in [9.17, 15) is 10.1 Å². The Kier molecular flexibility index (Phi) is 5.63. The first-order valence-electron chi connectivity index (χ1n) is 8.85. The number of nitrogens with one attached hydrogen (secondary N) is 1. The number of aryl methyl sites for hydroxylation is 1. The number of hydrogen-bond donors (Lipinski definition) is 1. The maximum atomic E-state index is 10.9. The Hall–Kier alpha value is -3.03. The number of benzene rings is 1. The summed E-state index contributed by atoms with van der Waals surface area (Å²) in [5, 5.41) is 14.4. The molecule has 1 aliphatic rings. The summed E-state index contributed by atoms with van der Waals surface area (Å²) >= 11 is 0. The number of piperidine rings is 1. The van der Waals surface area contributed by atoms with Crippen molar-refractivity contribution in [3.63, 3.8) is 0 Å². The van der Waals surface area contributed by atoms with Crippen molar-refractivity contribution in [1.29, 1.82) is 0 Å². The number of nitro groups is 1. The molecule has 0 unspecified atom stereocenters. The van der Waals surface area contributed by atoms with Crippen LogP contribution in [-0.2, 0) is 0 Å². The van der Waals surface area contributed by atoms with Crippen molar-refractivity contribution in [2.75, 3.05) is 37.5 Å². The van der Waals surface area contributed by atoms with Crippen LogP contribution in [0.25, 0.3) is 0 Å². The highest BCUT2D eigenvalue weighted by Crippen LogP contribution is 2.29. The largest absolute Gasteiger partial charge is 0.497 e. The minimum Gasteiger partial charge on any atom is -0.497 e. The van der Waals surface area contributed by atoms with Gasteiger partial charge in [0.05, 0.1) is 19.1 Å². The quantitative estimate of drug-likeness (QED) is 0.614. The molecule has 1 aliphatic heterocycles. The van der Waals surface area contributed by atoms with Gasteiger partial charge in [-0.3, -0.25) is 10.1 Å². The summed E-state index contributed by atoms with van der Waals surface area (Å²) in [4.78, 5) is 17.0. The van der Waals surface area contributed by atoms with Crippen LogP contribution in [-0.4, -0.2) is 43.3 Å². The first kappa shape index (κ1) is 18.8. The van der Waals surface area contributed by atoms with Gasteiger partial charge >= 0.3 is 0 Å². The number of pyridine rings is 1. The SMILES string of the molecule is COc1cc(NC2CCN(c3ncc([N+](=O)[O-])cc3C)CC2)cc(OC)c1. The molecule has 0 saturated carbocycles. The lowest BCUT2D eigenvalue weighted by molar-refractivity contribution is -0.385. The van der Waals surface area contributed by atoms with E-state index in [-0.39, 0.29) is 5.69 Å². The summed E-state index contributed by atoms with van der Waals surface area (Å²) < 4.78 is 10.6. The molecule has 8 nitrogen and oxygen atoms in total. The number of aromatic nitrogens is 1. The van der Waals surface area contributed by atoms with E-state index in [0.29, 0.717) is 6.04 Å². The lowest BCUT2D eigenvalue weighted by atomic mass is 10.0. The molecule has 1 aromatic heterocycles. The van der Waals surface area contributed by atoms with Crippen LogP contribution < -0.4 is 19.7 Å². The van der Waals surface area contributed by atoms with Crippen LogP contribution in [0.3, 0.4) is 0 Å². The third-order valence-electron chi connectivity index (χ3n) is 4.76. The predicted molar refractivity (Wildman–Crippen MR) is 104 cm³/mol. The maximum absolute atomic E-state index is 10.9. The van der Waals surface area contributed by atoms with Gasteiger partial charge in [0.2, 0.25) is 0 Å². The fraction of sp³-hybridized carbons (Fsp3) is 0.421. The molecular formula is C19H24N4O4. The number of anilines is 2. The molecule has 0 atom stereocenters. The molecule has 1 N–H and O–H groups in total. The molecule has 2 aromatic rings. The summed E-state index contributed by atoms with van der Waals surface area (Å²) in [5.41, 5.74) is 1.82. The zero-order chi connectivity index (χ0) is 19.4. The van der Waals surface area contributed by atoms with Gasteiger partial charge in [-0.25, -0.2) is 4.98 Å². The molecule has 27 heavy (non-hydrogen) atoms. The number of rotatable bonds is 6. The van der Waals surface area contributed by atoms with E-state index < -0.39 is 4.92 Å². The van der Waals surface area contributed by atoms with E-state index >= 15 is 0 Å². The standard InChI is InChI=1S/C19H24N4O4/c1-13-8-16(23(24)25)12-20-19(13)22-6-4-14(5-7-22)21-15-9-17(26-2)11-18(10-15)27-3/h8-12,14,21H,4-7H2,1-3H3. The lowest BCUT2D eigenvalue weighted by Crippen LogP contribution is -2.39. The summed E-state index contributed by atoms with van der Waals surface area (Å²) in [7, 11) is 3.27. The molecule has 144 valence electrons. The Labute approximate surface area is 158 Å². The average molecular weight is 372 g/mol. The van der Waals surface area contributed by atoms with Crippen LogP contribution in [0.5, 0.6) is 11.5 Å². The van der Waals surface area contributed by atoms with Gasteiger partial charge in [-0.1, -0.05) is 0 Å². The Morgan fingerprint density at radius 3 is 2.30 bits per heavy atom. The van der Waals surface area contributed by atoms with E-state index in [4.69, 9.17) is 9.47 Å². The van der Waals surface area contributed by atoms with Crippen molar-refractivity contribution in [2.24, 2.45) is 0 Å². The molecule has 1 aromatic carbocycles. The average Bonchev–Trinajstić information content (AvgIpc) is 2.68. The van der Waals surface area contributed by atoms with Crippen LogP contribution in [0.15, 0.2) is 30.5 Å². The van der Waals surface area contributed by atoms with E-state index in [0.717, 1.165) is 54.5 Å². The third kappa shape index (κ3) is 4.39. The predicted octanol–water partition coefficient (Wildman–Crippen LogP) is 3.40. The molecule has 0 spiro atoms. The van der Waals surface area contributed by atoms with E-state index in [2.05, 4.69) is 15.2 Å². The Bertz CT molecular complexity index is 797. The van der Waals surface area contributed by atoms with Gasteiger partial charge in [0, 0.05) is 49.1 Å². The number of methoxy groups -OCH3 is 2. The monoisotopic (exact) mass is 372 g/mol. The summed E-state index contributed by atoms with van der Waals surface area (Å²) in [6, 6.07) is 7.66. The molecule has 0 bridgehead atoms. The van der Waals surface area contributed by atoms with Gasteiger partial charge in [-0.15, -0.1) is 0 Å². The zero-order valence-corrected chi connectivity index (χ0v) is 15.8. The van der Waals surface area contributed by atoms with Crippen molar-refractivity contribution < 1.29 is 14.4 Å². The van der Waals surface area contributed by atoms with Crippen LogP contribution in [0.4, 0.5) is 17.2 Å². The molecule has 2 heterocycles. The van der Waals surface area contributed by atoms with Gasteiger partial charge in [0.1, 0.15) is 23.5 Å². The molecule has 1 saturated heterocycles. The van der Waals surface area contributed by atoms with Crippen LogP contribution in [0.1, 0.15) is 18.4 Å². The Balaban J connectivity index is 1.63. The molecule has 0 aliphatic carbocycles. The minimum absolute atomic E-state index is 0.0276. The second-order valence-electron chi connectivity index (χ2n) is 6.60. The van der Waals surface area contributed by atoms with Gasteiger partial charge < -0.3 is 19.7 Å². The molecule has 8 heteroatoms. The molecule has 0 amide bonds. The first-order valence-corrected chi connectivity index (χ1v) is 8.85. The van der Waals surface area contributed by atoms with Gasteiger partial charge in [0.25, 0.3) is 5.69 Å². The molecule has 1 fully saturated rings. The number of nitrogens with zero attached hydrogens (tertiary/aromatic N) is 3. The Morgan fingerprint density at radius 2 is 1.78 bits per heavy atom. The van der Waals surface area contributed by atoms with Gasteiger partial charge in [-0.2, -0.15) is 0 Å². The van der Waals surface area contributed by atoms with Gasteiger partial charge in [-0.05, 0) is 25.3 Å².